The van der Waals surface area contributed by atoms with Crippen LogP contribution in [0.2, 0.25) is 0 Å². The normalized spacial score (nSPS) is 14.3. The second-order valence-electron chi connectivity index (χ2n) is 7.21. The average molecular weight is 486 g/mol. The Morgan fingerprint density at radius 1 is 1.15 bits per heavy atom. The van der Waals surface area contributed by atoms with E-state index in [-0.39, 0.29) is 31.1 Å². The summed E-state index contributed by atoms with van der Waals surface area (Å²) >= 11 is 3.93. The Kier molecular flexibility index (Phi) is 11.7. The number of thiol groups is 1. The van der Waals surface area contributed by atoms with Crippen molar-refractivity contribution in [3.63, 3.8) is 0 Å². The smallest absolute Gasteiger partial charge is 0.326 e. The van der Waals surface area contributed by atoms with Gasteiger partial charge in [-0.2, -0.15) is 12.6 Å². The van der Waals surface area contributed by atoms with Crippen LogP contribution in [0.5, 0.6) is 0 Å². The quantitative estimate of drug-likeness (QED) is 0.0557. The lowest BCUT2D eigenvalue weighted by molar-refractivity contribution is -0.142. The molecule has 0 aliphatic heterocycles. The van der Waals surface area contributed by atoms with Crippen LogP contribution in [0.3, 0.4) is 0 Å². The second-order valence-corrected chi connectivity index (χ2v) is 7.57. The predicted molar refractivity (Wildman–Crippen MR) is 123 cm³/mol. The van der Waals surface area contributed by atoms with E-state index in [1.54, 1.807) is 0 Å². The minimum absolute atomic E-state index is 0.00866. The molecule has 0 aromatic carbocycles. The van der Waals surface area contributed by atoms with Crippen LogP contribution in [-0.4, -0.2) is 81.2 Å². The molecule has 1 rings (SSSR count). The van der Waals surface area contributed by atoms with E-state index in [9.17, 15) is 24.3 Å². The molecular weight excluding hydrogens is 454 g/mol. The number of rotatable bonds is 14. The number of hydrogen-bond donors (Lipinski definition) is 9. The summed E-state index contributed by atoms with van der Waals surface area (Å²) in [6.45, 7) is 1.62. The highest BCUT2D eigenvalue weighted by molar-refractivity contribution is 7.80. The SMILES string of the molecule is CC(NC(=O)C(N)CS)C(=O)NC(Cc1cnc[nH]1)C(=O)NC(CCCN=C(N)N)C(=O)O. The van der Waals surface area contributed by atoms with Crippen LogP contribution in [0.4, 0.5) is 0 Å². The average Bonchev–Trinajstić information content (AvgIpc) is 3.27. The van der Waals surface area contributed by atoms with E-state index in [0.29, 0.717) is 12.1 Å². The number of nitrogens with one attached hydrogen (secondary N) is 4. The summed E-state index contributed by atoms with van der Waals surface area (Å²) in [6, 6.07) is -4.27. The minimum Gasteiger partial charge on any atom is -0.480 e. The zero-order valence-corrected chi connectivity index (χ0v) is 19.0. The van der Waals surface area contributed by atoms with Crippen molar-refractivity contribution in [2.24, 2.45) is 22.2 Å². The molecule has 1 aromatic heterocycles. The van der Waals surface area contributed by atoms with Gasteiger partial charge < -0.3 is 43.2 Å². The Labute approximate surface area is 195 Å². The molecule has 4 unspecified atom stereocenters. The molecule has 0 saturated heterocycles. The molecule has 0 aliphatic rings. The number of H-pyrrole nitrogens is 1. The Hall–Kier alpha value is -3.33. The van der Waals surface area contributed by atoms with Gasteiger partial charge in [-0.05, 0) is 19.8 Å². The fourth-order valence-corrected chi connectivity index (χ4v) is 2.79. The zero-order valence-electron chi connectivity index (χ0n) is 18.2. The van der Waals surface area contributed by atoms with Crippen molar-refractivity contribution >= 4 is 42.3 Å². The number of aromatic nitrogens is 2. The maximum absolute atomic E-state index is 12.9. The molecule has 11 N–H and O–H groups in total. The third-order valence-electron chi connectivity index (χ3n) is 4.46. The van der Waals surface area contributed by atoms with E-state index >= 15 is 0 Å². The summed E-state index contributed by atoms with van der Waals surface area (Å²) in [7, 11) is 0. The molecule has 0 radical (unpaired) electrons. The summed E-state index contributed by atoms with van der Waals surface area (Å²) in [4.78, 5) is 59.4. The first-order valence-electron chi connectivity index (χ1n) is 10.1. The number of carbonyl (C=O) groups excluding carboxylic acids is 3. The van der Waals surface area contributed by atoms with Gasteiger partial charge in [0.15, 0.2) is 5.96 Å². The van der Waals surface area contributed by atoms with Gasteiger partial charge in [-0.25, -0.2) is 9.78 Å². The van der Waals surface area contributed by atoms with Gasteiger partial charge in [-0.1, -0.05) is 0 Å². The van der Waals surface area contributed by atoms with Gasteiger partial charge in [0.25, 0.3) is 0 Å². The molecule has 184 valence electrons. The van der Waals surface area contributed by atoms with Crippen LogP contribution in [0.15, 0.2) is 17.5 Å². The molecule has 1 aromatic rings. The van der Waals surface area contributed by atoms with Crippen molar-refractivity contribution in [2.45, 2.75) is 50.4 Å². The van der Waals surface area contributed by atoms with E-state index in [1.165, 1.54) is 19.4 Å². The lowest BCUT2D eigenvalue weighted by Crippen LogP contribution is -2.57. The lowest BCUT2D eigenvalue weighted by Gasteiger charge is -2.23. The van der Waals surface area contributed by atoms with E-state index in [1.807, 2.05) is 0 Å². The standard InChI is InChI=1S/C18H31N9O5S/c1-9(25-15(29)11(19)7-33)14(28)27-13(5-10-6-22-8-24-10)16(30)26-12(17(31)32)3-2-4-23-18(20)21/h6,8-9,11-13,33H,2-5,7,19H2,1H3,(H,22,24)(H,25,29)(H,26,30)(H,27,28)(H,31,32)(H4,20,21,23). The number of aliphatic carboxylic acids is 1. The largest absolute Gasteiger partial charge is 0.480 e. The highest BCUT2D eigenvalue weighted by atomic mass is 32.1. The van der Waals surface area contributed by atoms with Gasteiger partial charge in [0.05, 0.1) is 12.4 Å². The molecule has 0 saturated carbocycles. The van der Waals surface area contributed by atoms with Crippen LogP contribution in [0.1, 0.15) is 25.5 Å². The summed E-state index contributed by atoms with van der Waals surface area (Å²) in [6.07, 6.45) is 3.25. The Morgan fingerprint density at radius 3 is 2.36 bits per heavy atom. The highest BCUT2D eigenvalue weighted by Gasteiger charge is 2.29. The zero-order chi connectivity index (χ0) is 25.0. The van der Waals surface area contributed by atoms with Crippen molar-refractivity contribution in [3.8, 4) is 0 Å². The number of amides is 3. The fraction of sp³-hybridized carbons (Fsp3) is 0.556. The van der Waals surface area contributed by atoms with Crippen LogP contribution in [0, 0.1) is 0 Å². The van der Waals surface area contributed by atoms with Crippen molar-refractivity contribution in [3.05, 3.63) is 18.2 Å². The summed E-state index contributed by atoms with van der Waals surface area (Å²) < 4.78 is 0. The fourth-order valence-electron chi connectivity index (χ4n) is 2.62. The maximum Gasteiger partial charge on any atom is 0.326 e. The molecule has 0 fully saturated rings. The number of carboxylic acid groups (broad SMARTS) is 1. The van der Waals surface area contributed by atoms with Gasteiger partial charge in [0.2, 0.25) is 17.7 Å². The molecule has 15 heteroatoms. The number of nitrogens with two attached hydrogens (primary N) is 3. The molecule has 14 nitrogen and oxygen atoms in total. The molecule has 3 amide bonds. The number of aliphatic imine (C=N–C) groups is 1. The number of nitrogens with zero attached hydrogens (tertiary/aromatic N) is 2. The molecular formula is C18H31N9O5S. The van der Waals surface area contributed by atoms with Crippen molar-refractivity contribution in [2.75, 3.05) is 12.3 Å². The van der Waals surface area contributed by atoms with Gasteiger partial charge >= 0.3 is 5.97 Å². The number of carbonyl (C=O) groups is 4. The van der Waals surface area contributed by atoms with Crippen LogP contribution in [0.25, 0.3) is 0 Å². The molecule has 0 aliphatic carbocycles. The van der Waals surface area contributed by atoms with Crippen LogP contribution < -0.4 is 33.2 Å². The van der Waals surface area contributed by atoms with Crippen LogP contribution >= 0.6 is 12.6 Å². The van der Waals surface area contributed by atoms with E-state index in [2.05, 4.69) is 43.5 Å². The Balaban J connectivity index is 2.85. The first-order chi connectivity index (χ1) is 15.5. The van der Waals surface area contributed by atoms with Crippen molar-refractivity contribution in [1.82, 2.24) is 25.9 Å². The lowest BCUT2D eigenvalue weighted by atomic mass is 10.1. The number of carboxylic acids is 1. The van der Waals surface area contributed by atoms with Crippen LogP contribution in [-0.2, 0) is 25.6 Å². The minimum atomic E-state index is -1.25. The summed E-state index contributed by atoms with van der Waals surface area (Å²) in [5.74, 6) is -3.24. The van der Waals surface area contributed by atoms with Gasteiger partial charge in [0, 0.05) is 30.6 Å². The van der Waals surface area contributed by atoms with Gasteiger partial charge in [0.1, 0.15) is 18.1 Å². The summed E-state index contributed by atoms with van der Waals surface area (Å²) in [5.41, 5.74) is 16.6. The number of hydrogen-bond acceptors (Lipinski definition) is 8. The third kappa shape index (κ3) is 10.2. The van der Waals surface area contributed by atoms with Crippen molar-refractivity contribution in [1.29, 1.82) is 0 Å². The third-order valence-corrected chi connectivity index (χ3v) is 4.85. The molecule has 1 heterocycles. The first-order valence-corrected chi connectivity index (χ1v) is 10.7. The van der Waals surface area contributed by atoms with E-state index in [4.69, 9.17) is 17.2 Å². The van der Waals surface area contributed by atoms with Gasteiger partial charge in [-0.15, -0.1) is 0 Å². The number of guanidine groups is 1. The molecule has 4 atom stereocenters. The number of imidazole rings is 1. The predicted octanol–water partition coefficient (Wildman–Crippen LogP) is -3.18. The van der Waals surface area contributed by atoms with E-state index < -0.39 is 47.9 Å². The monoisotopic (exact) mass is 485 g/mol. The highest BCUT2D eigenvalue weighted by Crippen LogP contribution is 2.04. The Morgan fingerprint density at radius 2 is 1.82 bits per heavy atom. The topological polar surface area (TPSA) is 244 Å². The molecule has 0 spiro atoms. The summed E-state index contributed by atoms with van der Waals surface area (Å²) in [5, 5.41) is 16.8. The molecule has 0 bridgehead atoms. The first kappa shape index (κ1) is 27.7. The Bertz CT molecular complexity index is 829. The molecule has 33 heavy (non-hydrogen) atoms. The number of aromatic amines is 1. The van der Waals surface area contributed by atoms with E-state index in [0.717, 1.165) is 0 Å². The maximum atomic E-state index is 12.9. The van der Waals surface area contributed by atoms with Crippen molar-refractivity contribution < 1.29 is 24.3 Å². The second kappa shape index (κ2) is 13.9. The van der Waals surface area contributed by atoms with Gasteiger partial charge in [-0.3, -0.25) is 19.4 Å².